The average molecular weight is 539 g/mol. The molecule has 2 N–H and O–H groups in total. The average Bonchev–Trinajstić information content (AvgIpc) is 3.30. The van der Waals surface area contributed by atoms with Crippen molar-refractivity contribution < 1.29 is 9.47 Å². The van der Waals surface area contributed by atoms with Gasteiger partial charge in [-0.2, -0.15) is 0 Å². The van der Waals surface area contributed by atoms with Gasteiger partial charge in [0, 0.05) is 52.1 Å². The summed E-state index contributed by atoms with van der Waals surface area (Å²) in [5.41, 5.74) is 3.37. The van der Waals surface area contributed by atoms with Crippen molar-refractivity contribution >= 4 is 35.8 Å². The predicted octanol–water partition coefficient (Wildman–Crippen LogP) is 3.50. The smallest absolute Gasteiger partial charge is 0.191 e. The summed E-state index contributed by atoms with van der Waals surface area (Å²) in [7, 11) is 3.45. The molecule has 1 aliphatic heterocycles. The van der Waals surface area contributed by atoms with Gasteiger partial charge in [-0.05, 0) is 43.0 Å². The molecule has 7 nitrogen and oxygen atoms in total. The third kappa shape index (κ3) is 7.84. The van der Waals surface area contributed by atoms with E-state index < -0.39 is 0 Å². The Labute approximate surface area is 202 Å². The fourth-order valence-electron chi connectivity index (χ4n) is 3.42. The van der Waals surface area contributed by atoms with Gasteiger partial charge in [0.15, 0.2) is 5.96 Å². The maximum absolute atomic E-state index is 5.87. The van der Waals surface area contributed by atoms with Gasteiger partial charge < -0.3 is 25.0 Å². The highest BCUT2D eigenvalue weighted by Crippen LogP contribution is 2.20. The number of benzene rings is 1. The van der Waals surface area contributed by atoms with Crippen LogP contribution in [0.4, 0.5) is 5.82 Å². The van der Waals surface area contributed by atoms with Crippen molar-refractivity contribution in [1.29, 1.82) is 0 Å². The van der Waals surface area contributed by atoms with Crippen LogP contribution >= 0.6 is 24.0 Å². The molecule has 31 heavy (non-hydrogen) atoms. The van der Waals surface area contributed by atoms with E-state index in [0.717, 1.165) is 41.7 Å². The van der Waals surface area contributed by atoms with E-state index in [0.29, 0.717) is 26.3 Å². The van der Waals surface area contributed by atoms with Gasteiger partial charge in [0.2, 0.25) is 0 Å². The van der Waals surface area contributed by atoms with Crippen molar-refractivity contribution in [2.45, 2.75) is 32.9 Å². The summed E-state index contributed by atoms with van der Waals surface area (Å²) in [5.74, 6) is 2.68. The minimum Gasteiger partial charge on any atom is -0.491 e. The van der Waals surface area contributed by atoms with Crippen LogP contribution < -0.4 is 20.3 Å². The molecule has 1 fully saturated rings. The Morgan fingerprint density at radius 1 is 1.10 bits per heavy atom. The molecule has 0 amide bonds. The zero-order chi connectivity index (χ0) is 21.2. The van der Waals surface area contributed by atoms with Crippen LogP contribution in [0, 0.1) is 6.92 Å². The molecule has 0 spiro atoms. The fraction of sp³-hybridized carbons (Fsp3) is 0.478. The first-order valence-electron chi connectivity index (χ1n) is 10.6. The highest BCUT2D eigenvalue weighted by atomic mass is 127. The lowest BCUT2D eigenvalue weighted by atomic mass is 10.1. The molecule has 0 radical (unpaired) electrons. The molecule has 1 aliphatic rings. The van der Waals surface area contributed by atoms with Crippen molar-refractivity contribution in [3.63, 3.8) is 0 Å². The number of pyridine rings is 1. The number of nitrogens with zero attached hydrogens (tertiary/aromatic N) is 3. The van der Waals surface area contributed by atoms with Crippen molar-refractivity contribution in [3.8, 4) is 5.75 Å². The lowest BCUT2D eigenvalue weighted by molar-refractivity contribution is 0.145. The van der Waals surface area contributed by atoms with Crippen LogP contribution in [-0.2, 0) is 17.8 Å². The number of hydrogen-bond donors (Lipinski definition) is 2. The number of rotatable bonds is 9. The molecule has 2 aromatic rings. The molecule has 3 rings (SSSR count). The van der Waals surface area contributed by atoms with E-state index >= 15 is 0 Å². The number of halogens is 1. The predicted molar refractivity (Wildman–Crippen MR) is 137 cm³/mol. The van der Waals surface area contributed by atoms with Crippen molar-refractivity contribution in [2.24, 2.45) is 4.99 Å². The summed E-state index contributed by atoms with van der Waals surface area (Å²) in [6, 6.07) is 10.5. The lowest BCUT2D eigenvalue weighted by Crippen LogP contribution is -2.36. The van der Waals surface area contributed by atoms with E-state index in [1.807, 2.05) is 6.20 Å². The Kier molecular flexibility index (Phi) is 10.9. The Bertz CT molecular complexity index is 823. The summed E-state index contributed by atoms with van der Waals surface area (Å²) in [5, 5.41) is 6.71. The molecular formula is C23H34IN5O2. The molecule has 1 aromatic carbocycles. The van der Waals surface area contributed by atoms with Crippen LogP contribution in [0.3, 0.4) is 0 Å². The lowest BCUT2D eigenvalue weighted by Gasteiger charge is -2.17. The van der Waals surface area contributed by atoms with Gasteiger partial charge in [0.05, 0.1) is 6.61 Å². The molecule has 2 heterocycles. The van der Waals surface area contributed by atoms with E-state index in [1.165, 1.54) is 18.4 Å². The molecule has 0 bridgehead atoms. The highest BCUT2D eigenvalue weighted by molar-refractivity contribution is 14.0. The highest BCUT2D eigenvalue weighted by Gasteiger charge is 2.13. The minimum atomic E-state index is 0. The molecule has 8 heteroatoms. The largest absolute Gasteiger partial charge is 0.491 e. The van der Waals surface area contributed by atoms with E-state index in [9.17, 15) is 0 Å². The second-order valence-corrected chi connectivity index (χ2v) is 7.45. The number of aryl methyl sites for hydroxylation is 1. The van der Waals surface area contributed by atoms with Crippen molar-refractivity contribution in [3.05, 3.63) is 53.2 Å². The topological polar surface area (TPSA) is 71.0 Å². The second-order valence-electron chi connectivity index (χ2n) is 7.45. The Morgan fingerprint density at radius 3 is 2.55 bits per heavy atom. The molecule has 1 saturated heterocycles. The molecule has 0 saturated carbocycles. The van der Waals surface area contributed by atoms with Gasteiger partial charge >= 0.3 is 0 Å². The van der Waals surface area contributed by atoms with Gasteiger partial charge in [-0.25, -0.2) is 4.98 Å². The number of nitrogens with one attached hydrogen (secondary N) is 2. The molecule has 1 aromatic heterocycles. The first-order valence-corrected chi connectivity index (χ1v) is 10.6. The van der Waals surface area contributed by atoms with E-state index in [2.05, 4.69) is 62.8 Å². The van der Waals surface area contributed by atoms with Crippen LogP contribution in [0.1, 0.15) is 29.5 Å². The molecular weight excluding hydrogens is 505 g/mol. The van der Waals surface area contributed by atoms with E-state index in [-0.39, 0.29) is 24.0 Å². The third-order valence-corrected chi connectivity index (χ3v) is 5.14. The third-order valence-electron chi connectivity index (χ3n) is 5.14. The van der Waals surface area contributed by atoms with Gasteiger partial charge in [-0.15, -0.1) is 24.0 Å². The monoisotopic (exact) mass is 539 g/mol. The van der Waals surface area contributed by atoms with Crippen LogP contribution in [0.5, 0.6) is 5.75 Å². The van der Waals surface area contributed by atoms with Gasteiger partial charge in [-0.3, -0.25) is 4.99 Å². The summed E-state index contributed by atoms with van der Waals surface area (Å²) >= 11 is 0. The van der Waals surface area contributed by atoms with Gasteiger partial charge in [-0.1, -0.05) is 18.2 Å². The second kappa shape index (κ2) is 13.4. The van der Waals surface area contributed by atoms with Crippen molar-refractivity contribution in [1.82, 2.24) is 15.6 Å². The molecule has 0 unspecified atom stereocenters. The fourth-order valence-corrected chi connectivity index (χ4v) is 3.42. The van der Waals surface area contributed by atoms with Crippen LogP contribution in [0.25, 0.3) is 0 Å². The minimum absolute atomic E-state index is 0. The van der Waals surface area contributed by atoms with E-state index in [1.54, 1.807) is 14.2 Å². The standard InChI is InChI=1S/C23H33N5O2.HI/c1-18-6-8-20(21(14-18)30-13-12-29-3)17-27-23(24-2)26-16-19-7-9-22(25-15-19)28-10-4-5-11-28;/h6-9,14-15H,4-5,10-13,16-17H2,1-3H3,(H2,24,26,27);1H. The summed E-state index contributed by atoms with van der Waals surface area (Å²) in [4.78, 5) is 11.3. The number of aromatic nitrogens is 1. The Balaban J connectivity index is 0.00000341. The van der Waals surface area contributed by atoms with E-state index in [4.69, 9.17) is 9.47 Å². The number of hydrogen-bond acceptors (Lipinski definition) is 5. The van der Waals surface area contributed by atoms with Crippen LogP contribution in [0.15, 0.2) is 41.5 Å². The number of methoxy groups -OCH3 is 1. The summed E-state index contributed by atoms with van der Waals surface area (Å²) in [6.45, 7) is 6.65. The number of guanidine groups is 1. The molecule has 170 valence electrons. The first-order chi connectivity index (χ1) is 14.7. The SMILES string of the molecule is CN=C(NCc1ccc(N2CCCC2)nc1)NCc1ccc(C)cc1OCCOC.I. The number of anilines is 1. The molecule has 0 atom stereocenters. The Hall–Kier alpha value is -2.07. The van der Waals surface area contributed by atoms with Crippen molar-refractivity contribution in [2.75, 3.05) is 45.4 Å². The van der Waals surface area contributed by atoms with Gasteiger partial charge in [0.1, 0.15) is 18.2 Å². The first kappa shape index (κ1) is 25.2. The van der Waals surface area contributed by atoms with Crippen LogP contribution in [-0.4, -0.2) is 51.4 Å². The summed E-state index contributed by atoms with van der Waals surface area (Å²) < 4.78 is 11.0. The molecule has 0 aliphatic carbocycles. The normalized spacial score (nSPS) is 13.6. The quantitative estimate of drug-likeness (QED) is 0.220. The zero-order valence-corrected chi connectivity index (χ0v) is 21.0. The maximum atomic E-state index is 5.87. The summed E-state index contributed by atoms with van der Waals surface area (Å²) in [6.07, 6.45) is 4.45. The number of aliphatic imine (C=N–C) groups is 1. The van der Waals surface area contributed by atoms with Gasteiger partial charge in [0.25, 0.3) is 0 Å². The number of ether oxygens (including phenoxy) is 2. The maximum Gasteiger partial charge on any atom is 0.191 e. The Morgan fingerprint density at radius 2 is 1.87 bits per heavy atom. The zero-order valence-electron chi connectivity index (χ0n) is 18.7. The van der Waals surface area contributed by atoms with Crippen LogP contribution in [0.2, 0.25) is 0 Å².